The lowest BCUT2D eigenvalue weighted by Gasteiger charge is -2.06. The summed E-state index contributed by atoms with van der Waals surface area (Å²) >= 11 is 0. The molecular weight excluding hydrogens is 218 g/mol. The molecule has 6 nitrogen and oxygen atoms in total. The van der Waals surface area contributed by atoms with Crippen molar-refractivity contribution in [3.63, 3.8) is 0 Å². The van der Waals surface area contributed by atoms with Gasteiger partial charge in [0.1, 0.15) is 17.8 Å². The summed E-state index contributed by atoms with van der Waals surface area (Å²) in [5, 5.41) is 11.5. The lowest BCUT2D eigenvalue weighted by atomic mass is 10.3. The van der Waals surface area contributed by atoms with Crippen LogP contribution in [-0.2, 0) is 0 Å². The zero-order valence-corrected chi connectivity index (χ0v) is 9.62. The van der Waals surface area contributed by atoms with Gasteiger partial charge in [-0.15, -0.1) is 0 Å². The highest BCUT2D eigenvalue weighted by molar-refractivity contribution is 5.95. The van der Waals surface area contributed by atoms with E-state index in [0.717, 1.165) is 11.4 Å². The Hall–Kier alpha value is -2.37. The predicted octanol–water partition coefficient (Wildman–Crippen LogP) is 0.979. The van der Waals surface area contributed by atoms with Gasteiger partial charge in [0.05, 0.1) is 5.69 Å². The topological polar surface area (TPSA) is 89.3 Å². The molecule has 0 saturated heterocycles. The van der Waals surface area contributed by atoms with Gasteiger partial charge in [0.2, 0.25) is 0 Å². The Morgan fingerprint density at radius 3 is 2.76 bits per heavy atom. The Balaban J connectivity index is 2.50. The third kappa shape index (κ3) is 1.96. The summed E-state index contributed by atoms with van der Waals surface area (Å²) < 4.78 is 1.85. The van der Waals surface area contributed by atoms with Gasteiger partial charge >= 0.3 is 0 Å². The van der Waals surface area contributed by atoms with E-state index in [0.29, 0.717) is 11.5 Å². The number of pyridine rings is 1. The van der Waals surface area contributed by atoms with Crippen molar-refractivity contribution in [2.45, 2.75) is 13.8 Å². The third-order valence-corrected chi connectivity index (χ3v) is 2.60. The summed E-state index contributed by atoms with van der Waals surface area (Å²) in [7, 11) is 0. The minimum Gasteiger partial charge on any atom is -0.409 e. The van der Waals surface area contributed by atoms with Crippen molar-refractivity contribution < 1.29 is 5.21 Å². The van der Waals surface area contributed by atoms with Crippen molar-refractivity contribution in [3.05, 3.63) is 41.6 Å². The largest absolute Gasteiger partial charge is 0.409 e. The van der Waals surface area contributed by atoms with Crippen LogP contribution in [0.2, 0.25) is 0 Å². The Morgan fingerprint density at radius 2 is 2.18 bits per heavy atom. The van der Waals surface area contributed by atoms with E-state index in [-0.39, 0.29) is 5.84 Å². The first-order valence-electron chi connectivity index (χ1n) is 5.09. The third-order valence-electron chi connectivity index (χ3n) is 2.60. The van der Waals surface area contributed by atoms with E-state index in [4.69, 9.17) is 10.9 Å². The minimum absolute atomic E-state index is 0.0126. The molecule has 2 heterocycles. The molecule has 0 aliphatic carbocycles. The standard InChI is InChI=1S/C11H13N5O/c1-7-8(2)16(6-13-7)10-5-3-4-9(14-10)11(12)15-17/h3-6,17H,1-2H3,(H2,12,15). The molecule has 0 spiro atoms. The first-order valence-corrected chi connectivity index (χ1v) is 5.09. The second-order valence-corrected chi connectivity index (χ2v) is 3.65. The molecule has 88 valence electrons. The zero-order valence-electron chi connectivity index (χ0n) is 9.62. The lowest BCUT2D eigenvalue weighted by Crippen LogP contribution is -2.16. The summed E-state index contributed by atoms with van der Waals surface area (Å²) in [5.41, 5.74) is 7.88. The number of imidazole rings is 1. The van der Waals surface area contributed by atoms with Gasteiger partial charge in [0.15, 0.2) is 5.84 Å². The number of nitrogens with zero attached hydrogens (tertiary/aromatic N) is 4. The SMILES string of the molecule is Cc1ncn(-c2cccc(C(N)=NO)n2)c1C. The van der Waals surface area contributed by atoms with E-state index in [2.05, 4.69) is 15.1 Å². The molecule has 2 aromatic heterocycles. The Labute approximate surface area is 98.4 Å². The fourth-order valence-corrected chi connectivity index (χ4v) is 1.48. The van der Waals surface area contributed by atoms with Crippen LogP contribution in [0, 0.1) is 13.8 Å². The molecule has 0 amide bonds. The molecule has 0 saturated carbocycles. The number of amidine groups is 1. The molecule has 0 radical (unpaired) electrons. The van der Waals surface area contributed by atoms with Gasteiger partial charge in [-0.05, 0) is 26.0 Å². The monoisotopic (exact) mass is 231 g/mol. The molecule has 2 rings (SSSR count). The molecule has 3 N–H and O–H groups in total. The number of hydrogen-bond donors (Lipinski definition) is 2. The smallest absolute Gasteiger partial charge is 0.188 e. The number of aromatic nitrogens is 3. The molecule has 0 unspecified atom stereocenters. The van der Waals surface area contributed by atoms with Gasteiger partial charge in [-0.2, -0.15) is 0 Å². The van der Waals surface area contributed by atoms with Crippen LogP contribution in [0.3, 0.4) is 0 Å². The highest BCUT2D eigenvalue weighted by atomic mass is 16.4. The Kier molecular flexibility index (Phi) is 2.78. The molecule has 0 aliphatic rings. The molecule has 17 heavy (non-hydrogen) atoms. The highest BCUT2D eigenvalue weighted by Crippen LogP contribution is 2.11. The van der Waals surface area contributed by atoms with Crippen LogP contribution < -0.4 is 5.73 Å². The Bertz CT molecular complexity index is 573. The maximum atomic E-state index is 8.61. The van der Waals surface area contributed by atoms with Gasteiger partial charge < -0.3 is 10.9 Å². The first kappa shape index (κ1) is 11.1. The number of aryl methyl sites for hydroxylation is 1. The van der Waals surface area contributed by atoms with Crippen LogP contribution >= 0.6 is 0 Å². The van der Waals surface area contributed by atoms with Gasteiger partial charge in [-0.3, -0.25) is 4.57 Å². The number of oxime groups is 1. The fraction of sp³-hybridized carbons (Fsp3) is 0.182. The van der Waals surface area contributed by atoms with Gasteiger partial charge in [0, 0.05) is 5.69 Å². The fourth-order valence-electron chi connectivity index (χ4n) is 1.48. The zero-order chi connectivity index (χ0) is 12.4. The van der Waals surface area contributed by atoms with Crippen molar-refractivity contribution in [1.29, 1.82) is 0 Å². The van der Waals surface area contributed by atoms with Gasteiger partial charge in [-0.25, -0.2) is 9.97 Å². The lowest BCUT2D eigenvalue weighted by molar-refractivity contribution is 0.318. The van der Waals surface area contributed by atoms with Crippen LogP contribution in [0.25, 0.3) is 5.82 Å². The average molecular weight is 231 g/mol. The van der Waals surface area contributed by atoms with E-state index in [1.165, 1.54) is 0 Å². The van der Waals surface area contributed by atoms with Crippen molar-refractivity contribution in [1.82, 2.24) is 14.5 Å². The maximum absolute atomic E-state index is 8.61. The van der Waals surface area contributed by atoms with Gasteiger partial charge in [0.25, 0.3) is 0 Å². The minimum atomic E-state index is -0.0126. The van der Waals surface area contributed by atoms with E-state index < -0.39 is 0 Å². The number of nitrogens with two attached hydrogens (primary N) is 1. The molecule has 0 aromatic carbocycles. The van der Waals surface area contributed by atoms with Crippen LogP contribution in [0.4, 0.5) is 0 Å². The molecule has 2 aromatic rings. The van der Waals surface area contributed by atoms with Crippen molar-refractivity contribution in [2.75, 3.05) is 0 Å². The summed E-state index contributed by atoms with van der Waals surface area (Å²) in [5.74, 6) is 0.675. The summed E-state index contributed by atoms with van der Waals surface area (Å²) in [6, 6.07) is 5.31. The molecule has 0 aliphatic heterocycles. The summed E-state index contributed by atoms with van der Waals surface area (Å²) in [6.45, 7) is 3.89. The van der Waals surface area contributed by atoms with Crippen LogP contribution in [0.1, 0.15) is 17.1 Å². The van der Waals surface area contributed by atoms with Crippen molar-refractivity contribution in [3.8, 4) is 5.82 Å². The highest BCUT2D eigenvalue weighted by Gasteiger charge is 2.07. The molecule has 0 atom stereocenters. The molecule has 6 heteroatoms. The van der Waals surface area contributed by atoms with E-state index in [1.54, 1.807) is 18.5 Å². The van der Waals surface area contributed by atoms with Crippen LogP contribution in [-0.4, -0.2) is 25.6 Å². The molecule has 0 bridgehead atoms. The van der Waals surface area contributed by atoms with E-state index in [9.17, 15) is 0 Å². The second-order valence-electron chi connectivity index (χ2n) is 3.65. The van der Waals surface area contributed by atoms with Crippen molar-refractivity contribution >= 4 is 5.84 Å². The predicted molar refractivity (Wildman–Crippen MR) is 63.3 cm³/mol. The average Bonchev–Trinajstić information content (AvgIpc) is 2.69. The van der Waals surface area contributed by atoms with Crippen LogP contribution in [0.5, 0.6) is 0 Å². The maximum Gasteiger partial charge on any atom is 0.188 e. The molecule has 0 fully saturated rings. The van der Waals surface area contributed by atoms with E-state index in [1.807, 2.05) is 24.5 Å². The van der Waals surface area contributed by atoms with Gasteiger partial charge in [-0.1, -0.05) is 11.2 Å². The molecular formula is C11H13N5O. The van der Waals surface area contributed by atoms with E-state index >= 15 is 0 Å². The number of hydrogen-bond acceptors (Lipinski definition) is 4. The quantitative estimate of drug-likeness (QED) is 0.349. The summed E-state index contributed by atoms with van der Waals surface area (Å²) in [6.07, 6.45) is 1.70. The van der Waals surface area contributed by atoms with Crippen molar-refractivity contribution in [2.24, 2.45) is 10.9 Å². The summed E-state index contributed by atoms with van der Waals surface area (Å²) in [4.78, 5) is 8.49. The normalized spacial score (nSPS) is 11.8. The first-order chi connectivity index (χ1) is 8.13. The van der Waals surface area contributed by atoms with Crippen LogP contribution in [0.15, 0.2) is 29.7 Å². The Morgan fingerprint density at radius 1 is 1.41 bits per heavy atom. The number of rotatable bonds is 2. The second kappa shape index (κ2) is 4.25.